The molecule has 3 rings (SSSR count). The third-order valence-corrected chi connectivity index (χ3v) is 8.57. The zero-order chi connectivity index (χ0) is 29.1. The molecule has 9 heteroatoms. The van der Waals surface area contributed by atoms with Gasteiger partial charge < -0.3 is 18.8 Å². The highest BCUT2D eigenvalue weighted by molar-refractivity contribution is 7.93. The van der Waals surface area contributed by atoms with Gasteiger partial charge in [-0.3, -0.25) is 4.79 Å². The Morgan fingerprint density at radius 3 is 1.38 bits per heavy atom. The van der Waals surface area contributed by atoms with Crippen molar-refractivity contribution in [2.75, 3.05) is 0 Å². The van der Waals surface area contributed by atoms with Crippen LogP contribution in [0.25, 0.3) is 0 Å². The summed E-state index contributed by atoms with van der Waals surface area (Å²) in [7, 11) is -4.01. The summed E-state index contributed by atoms with van der Waals surface area (Å²) >= 11 is 0. The average Bonchev–Trinajstić information content (AvgIpc) is 3.00. The fourth-order valence-corrected chi connectivity index (χ4v) is 6.42. The quantitative estimate of drug-likeness (QED) is 0.130. The van der Waals surface area contributed by atoms with Crippen LogP contribution < -0.4 is 10.6 Å². The molecule has 0 heterocycles. The van der Waals surface area contributed by atoms with Crippen LogP contribution in [0.2, 0.25) is 0 Å². The van der Waals surface area contributed by atoms with Crippen molar-refractivity contribution in [2.24, 2.45) is 0 Å². The van der Waals surface area contributed by atoms with E-state index in [0.29, 0.717) is 16.2 Å². The molecule has 0 radical (unpaired) electrons. The summed E-state index contributed by atoms with van der Waals surface area (Å²) in [6.45, 7) is 9.10. The first-order valence-corrected chi connectivity index (χ1v) is 13.7. The summed E-state index contributed by atoms with van der Waals surface area (Å²) in [6.07, 6.45) is 2.92. The third kappa shape index (κ3) is 6.98. The van der Waals surface area contributed by atoms with Crippen molar-refractivity contribution in [3.8, 4) is 0 Å². The van der Waals surface area contributed by atoms with E-state index in [2.05, 4.69) is 19.7 Å². The largest absolute Gasteiger partial charge is 0.458 e. The van der Waals surface area contributed by atoms with Gasteiger partial charge in [0.2, 0.25) is 12.7 Å². The molecule has 0 spiro atoms. The highest BCUT2D eigenvalue weighted by atomic mass is 31.2. The van der Waals surface area contributed by atoms with Gasteiger partial charge in [0.15, 0.2) is 0 Å². The minimum Gasteiger partial charge on any atom is -0.458 e. The molecule has 0 aliphatic heterocycles. The van der Waals surface area contributed by atoms with Crippen molar-refractivity contribution in [2.45, 2.75) is 19.8 Å². The zero-order valence-electron chi connectivity index (χ0n) is 21.6. The summed E-state index contributed by atoms with van der Waals surface area (Å²) in [5.41, 5.74) is -0.0686. The molecule has 0 bridgehead atoms. The van der Waals surface area contributed by atoms with Crippen LogP contribution in [0.4, 0.5) is 0 Å². The van der Waals surface area contributed by atoms with E-state index < -0.39 is 43.8 Å². The molecule has 40 heavy (non-hydrogen) atoms. The van der Waals surface area contributed by atoms with Gasteiger partial charge in [0.25, 0.3) is 0 Å². The van der Waals surface area contributed by atoms with Crippen LogP contribution >= 0.6 is 7.14 Å². The highest BCUT2D eigenvalue weighted by Gasteiger charge is 2.39. The van der Waals surface area contributed by atoms with Gasteiger partial charge in [-0.05, 0) is 17.7 Å². The van der Waals surface area contributed by atoms with Crippen LogP contribution in [0.5, 0.6) is 0 Å². The molecule has 0 fully saturated rings. The van der Waals surface area contributed by atoms with Crippen molar-refractivity contribution in [1.82, 2.24) is 0 Å². The van der Waals surface area contributed by atoms with Crippen molar-refractivity contribution in [3.63, 3.8) is 0 Å². The minimum atomic E-state index is -4.01. The number of ether oxygens (including phenoxy) is 3. The topological polar surface area (TPSA) is 113 Å². The molecular weight excluding hydrogens is 531 g/mol. The Balaban J connectivity index is 2.28. The second-order valence-electron chi connectivity index (χ2n) is 8.31. The maximum Gasteiger partial charge on any atom is 0.330 e. The van der Waals surface area contributed by atoms with Gasteiger partial charge in [0, 0.05) is 45.5 Å². The maximum absolute atomic E-state index is 14.9. The normalized spacial score (nSPS) is 10.6. The predicted molar refractivity (Wildman–Crippen MR) is 151 cm³/mol. The van der Waals surface area contributed by atoms with E-state index in [1.54, 1.807) is 60.7 Å². The lowest BCUT2D eigenvalue weighted by atomic mass is 9.99. The molecule has 3 aromatic carbocycles. The lowest BCUT2D eigenvalue weighted by Gasteiger charge is -2.22. The van der Waals surface area contributed by atoms with Gasteiger partial charge in [-0.1, -0.05) is 80.4 Å². The fourth-order valence-electron chi connectivity index (χ4n) is 3.87. The molecule has 0 N–H and O–H groups in total. The Bertz CT molecular complexity index is 1400. The van der Waals surface area contributed by atoms with Gasteiger partial charge in [-0.15, -0.1) is 0 Å². The first-order chi connectivity index (χ1) is 19.2. The molecule has 0 atom stereocenters. The Hall–Kier alpha value is -4.81. The van der Waals surface area contributed by atoms with Gasteiger partial charge in [-0.2, -0.15) is 0 Å². The maximum atomic E-state index is 14.9. The van der Waals surface area contributed by atoms with Crippen LogP contribution in [0.1, 0.15) is 27.0 Å². The summed E-state index contributed by atoms with van der Waals surface area (Å²) in [4.78, 5) is 50.1. The standard InChI is InChI=1S/C31H27O8P/c1-4-27(32)37-19-22-17-23(20-38-28(33)5-2)30(24(18-22)21-39-29(34)6-3)31(35)40(36,25-13-9-7-10-14-25)26-15-11-8-12-16-26/h4-18H,1-3,19-21H2. The second-order valence-corrected chi connectivity index (χ2v) is 11.0. The third-order valence-electron chi connectivity index (χ3n) is 5.72. The number of hydrogen-bond donors (Lipinski definition) is 0. The molecule has 0 amide bonds. The van der Waals surface area contributed by atoms with Crippen LogP contribution in [0.15, 0.2) is 111 Å². The van der Waals surface area contributed by atoms with Crippen molar-refractivity contribution >= 4 is 41.2 Å². The monoisotopic (exact) mass is 558 g/mol. The summed E-state index contributed by atoms with van der Waals surface area (Å²) < 4.78 is 30.5. The first kappa shape index (κ1) is 29.7. The number of rotatable bonds is 13. The lowest BCUT2D eigenvalue weighted by Crippen LogP contribution is -2.25. The summed E-state index contributed by atoms with van der Waals surface area (Å²) in [6, 6.07) is 19.6. The van der Waals surface area contributed by atoms with Crippen LogP contribution in [-0.4, -0.2) is 23.4 Å². The molecule has 3 aromatic rings. The lowest BCUT2D eigenvalue weighted by molar-refractivity contribution is -0.139. The highest BCUT2D eigenvalue weighted by Crippen LogP contribution is 2.48. The van der Waals surface area contributed by atoms with E-state index in [1.165, 1.54) is 12.1 Å². The number of carbonyl (C=O) groups excluding carboxylic acids is 4. The van der Waals surface area contributed by atoms with E-state index >= 15 is 0 Å². The summed E-state index contributed by atoms with van der Waals surface area (Å²) in [5, 5.41) is 0.580. The molecular formula is C31H27O8P. The number of esters is 3. The van der Waals surface area contributed by atoms with Gasteiger partial charge in [0.05, 0.1) is 0 Å². The van der Waals surface area contributed by atoms with E-state index in [9.17, 15) is 23.7 Å². The number of hydrogen-bond acceptors (Lipinski definition) is 8. The SMILES string of the molecule is C=CC(=O)OCc1cc(COC(=O)C=C)c(C(=O)P(=O)(c2ccccc2)c2ccccc2)c(COC(=O)C=C)c1. The Kier molecular flexibility index (Phi) is 10.3. The van der Waals surface area contributed by atoms with E-state index in [0.717, 1.165) is 18.2 Å². The van der Waals surface area contributed by atoms with Gasteiger partial charge >= 0.3 is 17.9 Å². The predicted octanol–water partition coefficient (Wildman–Crippen LogP) is 4.53. The van der Waals surface area contributed by atoms with E-state index in [1.807, 2.05) is 0 Å². The minimum absolute atomic E-state index is 0.0523. The molecule has 0 unspecified atom stereocenters. The molecule has 0 saturated heterocycles. The van der Waals surface area contributed by atoms with Gasteiger partial charge in [0.1, 0.15) is 19.8 Å². The van der Waals surface area contributed by atoms with E-state index in [4.69, 9.17) is 14.2 Å². The molecule has 204 valence electrons. The molecule has 0 aliphatic rings. The van der Waals surface area contributed by atoms with Crippen molar-refractivity contribution < 1.29 is 38.0 Å². The Morgan fingerprint density at radius 1 is 0.625 bits per heavy atom. The molecule has 0 aromatic heterocycles. The van der Waals surface area contributed by atoms with E-state index in [-0.39, 0.29) is 23.3 Å². The van der Waals surface area contributed by atoms with Crippen LogP contribution in [0, 0.1) is 0 Å². The summed E-state index contributed by atoms with van der Waals surface area (Å²) in [5.74, 6) is -2.19. The van der Waals surface area contributed by atoms with Gasteiger partial charge in [-0.25, -0.2) is 14.4 Å². The number of carbonyl (C=O) groups is 4. The number of benzene rings is 3. The smallest absolute Gasteiger partial charge is 0.330 e. The van der Waals surface area contributed by atoms with Crippen molar-refractivity contribution in [1.29, 1.82) is 0 Å². The van der Waals surface area contributed by atoms with Crippen molar-refractivity contribution in [3.05, 3.63) is 133 Å². The molecule has 0 saturated carbocycles. The first-order valence-electron chi connectivity index (χ1n) is 12.0. The Morgan fingerprint density at radius 2 is 1.00 bits per heavy atom. The zero-order valence-corrected chi connectivity index (χ0v) is 22.5. The molecule has 8 nitrogen and oxygen atoms in total. The average molecular weight is 559 g/mol. The second kappa shape index (κ2) is 13.8. The molecule has 0 aliphatic carbocycles. The Labute approximate surface area is 231 Å². The fraction of sp³-hybridized carbons (Fsp3) is 0.0968. The van der Waals surface area contributed by atoms with Crippen LogP contribution in [-0.2, 0) is 53.0 Å². The van der Waals surface area contributed by atoms with Crippen LogP contribution in [0.3, 0.4) is 0 Å².